The molecule has 0 radical (unpaired) electrons. The van der Waals surface area contributed by atoms with E-state index >= 15 is 0 Å². The summed E-state index contributed by atoms with van der Waals surface area (Å²) in [6, 6.07) is 17.2. The molecule has 2 N–H and O–H groups in total. The first-order valence-corrected chi connectivity index (χ1v) is 8.12. The average Bonchev–Trinajstić information content (AvgIpc) is 2.61. The zero-order valence-electron chi connectivity index (χ0n) is 14.0. The molecule has 0 aliphatic rings. The maximum absolute atomic E-state index is 12.7. The Labute approximate surface area is 146 Å². The van der Waals surface area contributed by atoms with Crippen LogP contribution in [0.25, 0.3) is 0 Å². The first-order chi connectivity index (χ1) is 12.0. The Morgan fingerprint density at radius 2 is 1.52 bits per heavy atom. The molecule has 0 aliphatic carbocycles. The second kappa shape index (κ2) is 8.78. The lowest BCUT2D eigenvalue weighted by molar-refractivity contribution is -0.140. The molecule has 0 saturated heterocycles. The molecule has 1 amide bonds. The number of carbonyl (C=O) groups excluding carboxylic acids is 2. The van der Waals surface area contributed by atoms with Gasteiger partial charge in [-0.2, -0.15) is 0 Å². The van der Waals surface area contributed by atoms with Gasteiger partial charge in [-0.05, 0) is 24.1 Å². The molecule has 0 saturated carbocycles. The van der Waals surface area contributed by atoms with Crippen molar-refractivity contribution in [1.82, 2.24) is 5.32 Å². The van der Waals surface area contributed by atoms with E-state index in [0.717, 1.165) is 5.56 Å². The van der Waals surface area contributed by atoms with Crippen molar-refractivity contribution in [2.45, 2.75) is 25.8 Å². The molecule has 0 bridgehead atoms. The standard InChI is InChI=1S/C20H21NO4/c1-14(12-18(22)23)19(24)17(13-15-8-4-2-5-9-15)21-20(25)16-10-6-3-7-11-16/h2-11,14,17H,12-13H2,1H3,(H,21,25)(H,22,23). The predicted molar refractivity (Wildman–Crippen MR) is 94.3 cm³/mol. The van der Waals surface area contributed by atoms with Crippen LogP contribution in [-0.2, 0) is 16.0 Å². The van der Waals surface area contributed by atoms with Crippen molar-refractivity contribution >= 4 is 17.7 Å². The minimum absolute atomic E-state index is 0.259. The van der Waals surface area contributed by atoms with Gasteiger partial charge >= 0.3 is 5.97 Å². The highest BCUT2D eigenvalue weighted by Crippen LogP contribution is 2.12. The summed E-state index contributed by atoms with van der Waals surface area (Å²) in [7, 11) is 0. The van der Waals surface area contributed by atoms with E-state index < -0.39 is 17.9 Å². The number of hydrogen-bond donors (Lipinski definition) is 2. The van der Waals surface area contributed by atoms with E-state index in [1.807, 2.05) is 30.3 Å². The van der Waals surface area contributed by atoms with Crippen molar-refractivity contribution in [3.05, 3.63) is 71.8 Å². The smallest absolute Gasteiger partial charge is 0.304 e. The lowest BCUT2D eigenvalue weighted by Gasteiger charge is -2.21. The van der Waals surface area contributed by atoms with Crippen LogP contribution in [0.2, 0.25) is 0 Å². The fraction of sp³-hybridized carbons (Fsp3) is 0.250. The molecule has 0 fully saturated rings. The Kier molecular flexibility index (Phi) is 6.46. The maximum atomic E-state index is 12.7. The molecule has 2 aromatic carbocycles. The molecule has 25 heavy (non-hydrogen) atoms. The number of rotatable bonds is 8. The van der Waals surface area contributed by atoms with Gasteiger partial charge in [-0.15, -0.1) is 0 Å². The van der Waals surface area contributed by atoms with Crippen molar-refractivity contribution in [1.29, 1.82) is 0 Å². The van der Waals surface area contributed by atoms with Crippen LogP contribution in [0.3, 0.4) is 0 Å². The van der Waals surface area contributed by atoms with E-state index in [4.69, 9.17) is 5.11 Å². The topological polar surface area (TPSA) is 83.5 Å². The summed E-state index contributed by atoms with van der Waals surface area (Å²) in [6.07, 6.45) is 0.0630. The molecule has 0 aromatic heterocycles. The van der Waals surface area contributed by atoms with Crippen LogP contribution in [0, 0.1) is 5.92 Å². The lowest BCUT2D eigenvalue weighted by atomic mass is 9.92. The Bertz CT molecular complexity index is 728. The molecule has 130 valence electrons. The number of hydrogen-bond acceptors (Lipinski definition) is 3. The predicted octanol–water partition coefficient (Wildman–Crippen LogP) is 2.71. The summed E-state index contributed by atoms with van der Waals surface area (Å²) in [4.78, 5) is 36.0. The van der Waals surface area contributed by atoms with E-state index in [-0.39, 0.29) is 18.1 Å². The van der Waals surface area contributed by atoms with Crippen LogP contribution >= 0.6 is 0 Å². The molecule has 0 heterocycles. The van der Waals surface area contributed by atoms with Gasteiger partial charge in [-0.3, -0.25) is 14.4 Å². The number of carboxylic acid groups (broad SMARTS) is 1. The third-order valence-corrected chi connectivity index (χ3v) is 3.93. The molecule has 0 aliphatic heterocycles. The molecule has 0 spiro atoms. The second-order valence-corrected chi connectivity index (χ2v) is 5.98. The summed E-state index contributed by atoms with van der Waals surface area (Å²) >= 11 is 0. The highest BCUT2D eigenvalue weighted by Gasteiger charge is 2.27. The fourth-order valence-electron chi connectivity index (χ4n) is 2.61. The van der Waals surface area contributed by atoms with Crippen LogP contribution in [0.5, 0.6) is 0 Å². The van der Waals surface area contributed by atoms with E-state index in [2.05, 4.69) is 5.32 Å². The zero-order chi connectivity index (χ0) is 18.2. The molecule has 2 atom stereocenters. The SMILES string of the molecule is CC(CC(=O)O)C(=O)C(Cc1ccccc1)NC(=O)c1ccccc1. The van der Waals surface area contributed by atoms with Gasteiger partial charge in [-0.25, -0.2) is 0 Å². The van der Waals surface area contributed by atoms with E-state index in [9.17, 15) is 14.4 Å². The summed E-state index contributed by atoms with van der Waals surface area (Å²) < 4.78 is 0. The number of amides is 1. The largest absolute Gasteiger partial charge is 0.481 e. The van der Waals surface area contributed by atoms with Gasteiger partial charge in [0.25, 0.3) is 5.91 Å². The number of ketones is 1. The highest BCUT2D eigenvalue weighted by molar-refractivity contribution is 5.98. The zero-order valence-corrected chi connectivity index (χ0v) is 14.0. The Balaban J connectivity index is 2.17. The van der Waals surface area contributed by atoms with Crippen molar-refractivity contribution in [2.75, 3.05) is 0 Å². The summed E-state index contributed by atoms with van der Waals surface area (Å²) in [5, 5.41) is 11.7. The molecular weight excluding hydrogens is 318 g/mol. The van der Waals surface area contributed by atoms with Crippen molar-refractivity contribution in [2.24, 2.45) is 5.92 Å². The quantitative estimate of drug-likeness (QED) is 0.774. The van der Waals surface area contributed by atoms with Crippen LogP contribution in [-0.4, -0.2) is 28.8 Å². The van der Waals surface area contributed by atoms with Crippen LogP contribution in [0.4, 0.5) is 0 Å². The highest BCUT2D eigenvalue weighted by atomic mass is 16.4. The minimum Gasteiger partial charge on any atom is -0.481 e. The van der Waals surface area contributed by atoms with Gasteiger partial charge in [0.15, 0.2) is 5.78 Å². The summed E-state index contributed by atoms with van der Waals surface area (Å²) in [5.41, 5.74) is 1.36. The van der Waals surface area contributed by atoms with Gasteiger partial charge in [0.05, 0.1) is 12.5 Å². The number of carbonyl (C=O) groups is 3. The van der Waals surface area contributed by atoms with Gasteiger partial charge in [-0.1, -0.05) is 55.5 Å². The molecule has 5 nitrogen and oxygen atoms in total. The van der Waals surface area contributed by atoms with Gasteiger partial charge in [0.1, 0.15) is 0 Å². The molecule has 2 unspecified atom stereocenters. The number of nitrogens with one attached hydrogen (secondary N) is 1. The van der Waals surface area contributed by atoms with E-state index in [0.29, 0.717) is 12.0 Å². The number of aliphatic carboxylic acids is 1. The molecular formula is C20H21NO4. The Hall–Kier alpha value is -2.95. The third-order valence-electron chi connectivity index (χ3n) is 3.93. The fourth-order valence-corrected chi connectivity index (χ4v) is 2.61. The van der Waals surface area contributed by atoms with E-state index in [1.165, 1.54) is 0 Å². The van der Waals surface area contributed by atoms with Crippen LogP contribution < -0.4 is 5.32 Å². The average molecular weight is 339 g/mol. The second-order valence-electron chi connectivity index (χ2n) is 5.98. The molecule has 2 rings (SSSR count). The third kappa shape index (κ3) is 5.57. The van der Waals surface area contributed by atoms with Gasteiger partial charge < -0.3 is 10.4 Å². The van der Waals surface area contributed by atoms with E-state index in [1.54, 1.807) is 37.3 Å². The number of carboxylic acids is 1. The first kappa shape index (κ1) is 18.4. The molecule has 2 aromatic rings. The normalized spacial score (nSPS) is 12.8. The molecule has 5 heteroatoms. The van der Waals surface area contributed by atoms with Crippen LogP contribution in [0.15, 0.2) is 60.7 Å². The summed E-state index contributed by atoms with van der Waals surface area (Å²) in [6.45, 7) is 1.57. The Morgan fingerprint density at radius 1 is 0.960 bits per heavy atom. The number of benzene rings is 2. The summed E-state index contributed by atoms with van der Waals surface area (Å²) in [5.74, 6) is -2.34. The monoisotopic (exact) mass is 339 g/mol. The van der Waals surface area contributed by atoms with Crippen LogP contribution in [0.1, 0.15) is 29.3 Å². The van der Waals surface area contributed by atoms with Gasteiger partial charge in [0, 0.05) is 11.5 Å². The number of Topliss-reactive ketones (excluding diaryl/α,β-unsaturated/α-hetero) is 1. The minimum atomic E-state index is -1.03. The van der Waals surface area contributed by atoms with Crippen molar-refractivity contribution in [3.8, 4) is 0 Å². The maximum Gasteiger partial charge on any atom is 0.304 e. The Morgan fingerprint density at radius 3 is 2.08 bits per heavy atom. The first-order valence-electron chi connectivity index (χ1n) is 8.12. The van der Waals surface area contributed by atoms with Gasteiger partial charge in [0.2, 0.25) is 0 Å². The van der Waals surface area contributed by atoms with Crippen molar-refractivity contribution in [3.63, 3.8) is 0 Å². The lowest BCUT2D eigenvalue weighted by Crippen LogP contribution is -2.45. The van der Waals surface area contributed by atoms with Crippen molar-refractivity contribution < 1.29 is 19.5 Å².